The van der Waals surface area contributed by atoms with E-state index in [9.17, 15) is 4.79 Å². The summed E-state index contributed by atoms with van der Waals surface area (Å²) in [7, 11) is 1.68. The van der Waals surface area contributed by atoms with Crippen LogP contribution in [0.2, 0.25) is 5.02 Å². The summed E-state index contributed by atoms with van der Waals surface area (Å²) in [6, 6.07) is 7.53. The van der Waals surface area contributed by atoms with Gasteiger partial charge >= 0.3 is 0 Å². The van der Waals surface area contributed by atoms with E-state index in [1.54, 1.807) is 7.11 Å². The van der Waals surface area contributed by atoms with Crippen LogP contribution in [0, 0.1) is 5.92 Å². The molecule has 0 spiro atoms. The molecule has 2 atom stereocenters. The summed E-state index contributed by atoms with van der Waals surface area (Å²) < 4.78 is 5.09. The van der Waals surface area contributed by atoms with Gasteiger partial charge < -0.3 is 9.64 Å². The third kappa shape index (κ3) is 3.76. The smallest absolute Gasteiger partial charge is 0.241 e. The molecular formula is C16H23ClN2O2. The molecule has 1 heterocycles. The number of rotatable bonds is 6. The molecule has 1 aromatic carbocycles. The molecule has 1 N–H and O–H groups in total. The Labute approximate surface area is 131 Å². The predicted molar refractivity (Wildman–Crippen MR) is 84.2 cm³/mol. The van der Waals surface area contributed by atoms with Gasteiger partial charge in [-0.3, -0.25) is 10.1 Å². The zero-order chi connectivity index (χ0) is 15.4. The molecule has 4 nitrogen and oxygen atoms in total. The van der Waals surface area contributed by atoms with E-state index in [1.807, 2.05) is 29.2 Å². The normalized spacial score (nSPS) is 22.3. The molecule has 116 valence electrons. The highest BCUT2D eigenvalue weighted by Crippen LogP contribution is 2.28. The van der Waals surface area contributed by atoms with Gasteiger partial charge in [-0.15, -0.1) is 0 Å². The fourth-order valence-corrected chi connectivity index (χ4v) is 2.78. The van der Waals surface area contributed by atoms with Crippen molar-refractivity contribution in [1.82, 2.24) is 10.2 Å². The molecule has 1 saturated heterocycles. The van der Waals surface area contributed by atoms with E-state index in [2.05, 4.69) is 19.2 Å². The zero-order valence-electron chi connectivity index (χ0n) is 12.8. The molecule has 1 aliphatic heterocycles. The number of carbonyl (C=O) groups excluding carboxylic acids is 1. The number of methoxy groups -OCH3 is 1. The lowest BCUT2D eigenvalue weighted by Crippen LogP contribution is -2.35. The third-order valence-electron chi connectivity index (χ3n) is 3.80. The molecule has 0 saturated carbocycles. The van der Waals surface area contributed by atoms with Gasteiger partial charge in [-0.1, -0.05) is 37.6 Å². The topological polar surface area (TPSA) is 41.6 Å². The standard InChI is InChI=1S/C16H23ClN2O2/c1-11(2)14-16(20)19(9-4-10-21-3)15(18-14)12-5-7-13(17)8-6-12/h5-8,11,14-15,18H,4,9-10H2,1-3H3. The minimum atomic E-state index is -0.131. The summed E-state index contributed by atoms with van der Waals surface area (Å²) in [5.41, 5.74) is 1.06. The molecular weight excluding hydrogens is 288 g/mol. The second-order valence-electron chi connectivity index (χ2n) is 5.72. The molecule has 1 aromatic rings. The number of hydrogen-bond donors (Lipinski definition) is 1. The second-order valence-corrected chi connectivity index (χ2v) is 6.16. The first-order valence-corrected chi connectivity index (χ1v) is 7.73. The number of nitrogens with zero attached hydrogens (tertiary/aromatic N) is 1. The fourth-order valence-electron chi connectivity index (χ4n) is 2.65. The Hall–Kier alpha value is -1.10. The van der Waals surface area contributed by atoms with Crippen molar-refractivity contribution in [2.24, 2.45) is 5.92 Å². The quantitative estimate of drug-likeness (QED) is 0.822. The number of halogens is 1. The number of ether oxygens (including phenoxy) is 1. The minimum absolute atomic E-state index is 0.0842. The van der Waals surface area contributed by atoms with Crippen molar-refractivity contribution >= 4 is 17.5 Å². The van der Waals surface area contributed by atoms with Crippen LogP contribution in [0.4, 0.5) is 0 Å². The van der Waals surface area contributed by atoms with Crippen LogP contribution >= 0.6 is 11.6 Å². The summed E-state index contributed by atoms with van der Waals surface area (Å²) in [6.45, 7) is 5.47. The van der Waals surface area contributed by atoms with E-state index in [-0.39, 0.29) is 24.0 Å². The monoisotopic (exact) mass is 310 g/mol. The Morgan fingerprint density at radius 2 is 2.00 bits per heavy atom. The summed E-state index contributed by atoms with van der Waals surface area (Å²) in [5, 5.41) is 4.15. The van der Waals surface area contributed by atoms with Gasteiger partial charge in [0.1, 0.15) is 6.17 Å². The van der Waals surface area contributed by atoms with Gasteiger partial charge in [0.25, 0.3) is 0 Å². The molecule has 21 heavy (non-hydrogen) atoms. The number of nitrogens with one attached hydrogen (secondary N) is 1. The van der Waals surface area contributed by atoms with Crippen molar-refractivity contribution in [2.45, 2.75) is 32.5 Å². The van der Waals surface area contributed by atoms with Crippen molar-refractivity contribution in [3.8, 4) is 0 Å². The van der Waals surface area contributed by atoms with Crippen molar-refractivity contribution in [3.63, 3.8) is 0 Å². The Morgan fingerprint density at radius 3 is 2.57 bits per heavy atom. The Balaban J connectivity index is 2.18. The number of hydrogen-bond acceptors (Lipinski definition) is 3. The van der Waals surface area contributed by atoms with Crippen LogP contribution in [-0.2, 0) is 9.53 Å². The third-order valence-corrected chi connectivity index (χ3v) is 4.05. The second kappa shape index (κ2) is 7.25. The molecule has 0 bridgehead atoms. The Kier molecular flexibility index (Phi) is 5.62. The molecule has 0 radical (unpaired) electrons. The van der Waals surface area contributed by atoms with E-state index in [0.717, 1.165) is 12.0 Å². The fraction of sp³-hybridized carbons (Fsp3) is 0.562. The summed E-state index contributed by atoms with van der Waals surface area (Å²) in [4.78, 5) is 14.5. The maximum Gasteiger partial charge on any atom is 0.241 e. The molecule has 1 fully saturated rings. The van der Waals surface area contributed by atoms with E-state index >= 15 is 0 Å². The van der Waals surface area contributed by atoms with Crippen LogP contribution in [0.5, 0.6) is 0 Å². The predicted octanol–water partition coefficient (Wildman–Crippen LogP) is 2.83. The number of amides is 1. The number of carbonyl (C=O) groups is 1. The molecule has 0 aromatic heterocycles. The first-order chi connectivity index (χ1) is 10.0. The lowest BCUT2D eigenvalue weighted by molar-refractivity contribution is -0.131. The van der Waals surface area contributed by atoms with Gasteiger partial charge in [0, 0.05) is 25.3 Å². The molecule has 2 unspecified atom stereocenters. The van der Waals surface area contributed by atoms with E-state index < -0.39 is 0 Å². The minimum Gasteiger partial charge on any atom is -0.385 e. The van der Waals surface area contributed by atoms with E-state index in [1.165, 1.54) is 0 Å². The van der Waals surface area contributed by atoms with Gasteiger partial charge in [0.2, 0.25) is 5.91 Å². The molecule has 1 amide bonds. The lowest BCUT2D eigenvalue weighted by Gasteiger charge is -2.24. The maximum atomic E-state index is 12.6. The van der Waals surface area contributed by atoms with Gasteiger partial charge in [0.15, 0.2) is 0 Å². The number of benzene rings is 1. The molecule has 1 aliphatic rings. The van der Waals surface area contributed by atoms with Crippen LogP contribution in [0.3, 0.4) is 0 Å². The van der Waals surface area contributed by atoms with Crippen LogP contribution in [0.1, 0.15) is 32.0 Å². The Morgan fingerprint density at radius 1 is 1.33 bits per heavy atom. The van der Waals surface area contributed by atoms with E-state index in [0.29, 0.717) is 18.2 Å². The van der Waals surface area contributed by atoms with Gasteiger partial charge in [0.05, 0.1) is 6.04 Å². The lowest BCUT2D eigenvalue weighted by atomic mass is 10.1. The highest BCUT2D eigenvalue weighted by Gasteiger charge is 2.40. The summed E-state index contributed by atoms with van der Waals surface area (Å²) in [5.74, 6) is 0.431. The molecule has 0 aliphatic carbocycles. The van der Waals surface area contributed by atoms with Crippen LogP contribution in [0.15, 0.2) is 24.3 Å². The van der Waals surface area contributed by atoms with Crippen molar-refractivity contribution < 1.29 is 9.53 Å². The largest absolute Gasteiger partial charge is 0.385 e. The van der Waals surface area contributed by atoms with E-state index in [4.69, 9.17) is 16.3 Å². The summed E-state index contributed by atoms with van der Waals surface area (Å²) in [6.07, 6.45) is 0.748. The highest BCUT2D eigenvalue weighted by atomic mass is 35.5. The first kappa shape index (κ1) is 16.3. The Bertz CT molecular complexity index is 476. The summed E-state index contributed by atoms with van der Waals surface area (Å²) >= 11 is 5.95. The van der Waals surface area contributed by atoms with Crippen LogP contribution in [-0.4, -0.2) is 37.1 Å². The van der Waals surface area contributed by atoms with Gasteiger partial charge in [-0.2, -0.15) is 0 Å². The van der Waals surface area contributed by atoms with Gasteiger partial charge in [-0.25, -0.2) is 0 Å². The molecule has 2 rings (SSSR count). The molecule has 5 heteroatoms. The highest BCUT2D eigenvalue weighted by molar-refractivity contribution is 6.30. The SMILES string of the molecule is COCCCN1C(=O)C(C(C)C)NC1c1ccc(Cl)cc1. The average molecular weight is 311 g/mol. The van der Waals surface area contributed by atoms with Crippen molar-refractivity contribution in [3.05, 3.63) is 34.9 Å². The van der Waals surface area contributed by atoms with Crippen molar-refractivity contribution in [2.75, 3.05) is 20.3 Å². The zero-order valence-corrected chi connectivity index (χ0v) is 13.6. The van der Waals surface area contributed by atoms with Gasteiger partial charge in [-0.05, 0) is 30.0 Å². The first-order valence-electron chi connectivity index (χ1n) is 7.35. The van der Waals surface area contributed by atoms with Crippen LogP contribution in [0.25, 0.3) is 0 Å². The maximum absolute atomic E-state index is 12.6. The van der Waals surface area contributed by atoms with Crippen molar-refractivity contribution in [1.29, 1.82) is 0 Å². The van der Waals surface area contributed by atoms with Crippen LogP contribution < -0.4 is 5.32 Å². The average Bonchev–Trinajstić information content (AvgIpc) is 2.78.